The van der Waals surface area contributed by atoms with Gasteiger partial charge < -0.3 is 9.80 Å². The third-order valence-electron chi connectivity index (χ3n) is 1.60. The van der Waals surface area contributed by atoms with Gasteiger partial charge in [-0.3, -0.25) is 7.05 Å². The van der Waals surface area contributed by atoms with Gasteiger partial charge >= 0.3 is 0 Å². The minimum Gasteiger partial charge on any atom is -0.457 e. The van der Waals surface area contributed by atoms with Crippen LogP contribution in [0.4, 0.5) is 0 Å². The zero-order valence-electron chi connectivity index (χ0n) is 6.01. The minimum atomic E-state index is 0. The average molecular weight is 202 g/mol. The summed E-state index contributed by atoms with van der Waals surface area (Å²) in [5.41, 5.74) is 0. The number of likely N-dealkylation sites (N-methyl/N-ethyl adjacent to an activating group) is 1. The van der Waals surface area contributed by atoms with Crippen LogP contribution in [-0.4, -0.2) is 43.0 Å². The van der Waals surface area contributed by atoms with E-state index in [2.05, 4.69) is 23.9 Å². The normalized spacial score (nSPS) is 23.3. The molecule has 3 heteroatoms. The smallest absolute Gasteiger partial charge is 0.00826 e. The molecule has 1 aliphatic heterocycles. The first-order valence-corrected chi connectivity index (χ1v) is 3.03. The fraction of sp³-hybridized carbons (Fsp3) is 0.833. The van der Waals surface area contributed by atoms with Crippen LogP contribution in [0.1, 0.15) is 0 Å². The van der Waals surface area contributed by atoms with Crippen molar-refractivity contribution in [3.05, 3.63) is 7.05 Å². The fourth-order valence-electron chi connectivity index (χ4n) is 0.848. The first-order valence-electron chi connectivity index (χ1n) is 3.03. The quantitative estimate of drug-likeness (QED) is 0.511. The van der Waals surface area contributed by atoms with Gasteiger partial charge in [-0.05, 0) is 20.1 Å². The van der Waals surface area contributed by atoms with Crippen LogP contribution in [0.25, 0.3) is 0 Å². The molecule has 0 bridgehead atoms. The van der Waals surface area contributed by atoms with Gasteiger partial charge in [0.15, 0.2) is 0 Å². The van der Waals surface area contributed by atoms with Gasteiger partial charge in [0.1, 0.15) is 0 Å². The molecule has 1 radical (unpaired) electrons. The van der Waals surface area contributed by atoms with E-state index in [0.717, 1.165) is 13.1 Å². The van der Waals surface area contributed by atoms with Crippen LogP contribution in [0.2, 0.25) is 0 Å². The third kappa shape index (κ3) is 3.66. The Labute approximate surface area is 82.5 Å². The molecule has 2 nitrogen and oxygen atoms in total. The molecule has 0 amide bonds. The van der Waals surface area contributed by atoms with E-state index < -0.39 is 0 Å². The Morgan fingerprint density at radius 2 is 1.56 bits per heavy atom. The van der Waals surface area contributed by atoms with Crippen molar-refractivity contribution in [3.63, 3.8) is 0 Å². The predicted molar refractivity (Wildman–Crippen MR) is 34.4 cm³/mol. The molecule has 51 valence electrons. The van der Waals surface area contributed by atoms with E-state index in [1.807, 2.05) is 0 Å². The Morgan fingerprint density at radius 3 is 1.89 bits per heavy atom. The molecule has 0 aromatic heterocycles. The van der Waals surface area contributed by atoms with Crippen LogP contribution in [0.15, 0.2) is 0 Å². The third-order valence-corrected chi connectivity index (χ3v) is 1.60. The maximum Gasteiger partial charge on any atom is 0.00826 e. The van der Waals surface area contributed by atoms with Crippen LogP contribution in [0.3, 0.4) is 0 Å². The van der Waals surface area contributed by atoms with Gasteiger partial charge in [-0.25, -0.2) is 0 Å². The van der Waals surface area contributed by atoms with Crippen molar-refractivity contribution >= 4 is 0 Å². The average Bonchev–Trinajstić information content (AvgIpc) is 1.77. The van der Waals surface area contributed by atoms with E-state index in [1.165, 1.54) is 13.1 Å². The molecule has 0 aromatic rings. The summed E-state index contributed by atoms with van der Waals surface area (Å²) in [6.07, 6.45) is 0. The summed E-state index contributed by atoms with van der Waals surface area (Å²) in [6.45, 7) is 4.58. The molecule has 1 aliphatic rings. The second-order valence-electron chi connectivity index (χ2n) is 2.42. The Morgan fingerprint density at radius 1 is 1.11 bits per heavy atom. The Hall–Kier alpha value is 1.02. The number of hydrogen-bond acceptors (Lipinski definition) is 2. The molecule has 0 saturated carbocycles. The maximum absolute atomic E-state index is 3.84. The summed E-state index contributed by atoms with van der Waals surface area (Å²) in [7, 11) is 5.98. The molecule has 0 N–H and O–H groups in total. The molecule has 0 atom stereocenters. The summed E-state index contributed by atoms with van der Waals surface area (Å²) in [5.74, 6) is 0. The van der Waals surface area contributed by atoms with Crippen LogP contribution in [-0.2, 0) is 32.7 Å². The molecule has 1 rings (SSSR count). The summed E-state index contributed by atoms with van der Waals surface area (Å²) in [6, 6.07) is 0. The zero-order chi connectivity index (χ0) is 5.98. The first-order chi connectivity index (χ1) is 3.79. The van der Waals surface area contributed by atoms with Crippen LogP contribution < -0.4 is 0 Å². The molecule has 0 aliphatic carbocycles. The number of hydrogen-bond donors (Lipinski definition) is 0. The largest absolute Gasteiger partial charge is 0.457 e. The first kappa shape index (κ1) is 10.0. The van der Waals surface area contributed by atoms with Gasteiger partial charge in [0, 0.05) is 45.8 Å². The Bertz CT molecular complexity index is 59.5. The molecular formula is C6H13N2Y-. The molecule has 1 fully saturated rings. The number of nitrogens with zero attached hydrogens (tertiary/aromatic N) is 2. The van der Waals surface area contributed by atoms with Gasteiger partial charge in [-0.15, -0.1) is 0 Å². The van der Waals surface area contributed by atoms with E-state index in [1.54, 1.807) is 0 Å². The zero-order valence-corrected chi connectivity index (χ0v) is 8.85. The summed E-state index contributed by atoms with van der Waals surface area (Å²) in [4.78, 5) is 4.43. The second-order valence-corrected chi connectivity index (χ2v) is 2.42. The fourth-order valence-corrected chi connectivity index (χ4v) is 0.848. The van der Waals surface area contributed by atoms with E-state index >= 15 is 0 Å². The molecule has 0 unspecified atom stereocenters. The number of piperazine rings is 1. The SMILES string of the molecule is [CH2-]N1CCN(C)CC1.[Y]. The van der Waals surface area contributed by atoms with E-state index in [9.17, 15) is 0 Å². The van der Waals surface area contributed by atoms with Crippen molar-refractivity contribution in [3.8, 4) is 0 Å². The van der Waals surface area contributed by atoms with Crippen molar-refractivity contribution < 1.29 is 32.7 Å². The monoisotopic (exact) mass is 202 g/mol. The minimum absolute atomic E-state index is 0. The van der Waals surface area contributed by atoms with Crippen molar-refractivity contribution in [2.75, 3.05) is 33.2 Å². The van der Waals surface area contributed by atoms with Crippen molar-refractivity contribution in [2.24, 2.45) is 0 Å². The Balaban J connectivity index is 0.000000640. The molecule has 0 aromatic carbocycles. The van der Waals surface area contributed by atoms with Gasteiger partial charge in [0.05, 0.1) is 0 Å². The van der Waals surface area contributed by atoms with E-state index in [0.29, 0.717) is 0 Å². The van der Waals surface area contributed by atoms with Crippen LogP contribution in [0.5, 0.6) is 0 Å². The van der Waals surface area contributed by atoms with Crippen LogP contribution >= 0.6 is 0 Å². The maximum atomic E-state index is 3.84. The molecule has 9 heavy (non-hydrogen) atoms. The Kier molecular flexibility index (Phi) is 5.32. The second kappa shape index (κ2) is 4.78. The summed E-state index contributed by atoms with van der Waals surface area (Å²) in [5, 5.41) is 0. The molecule has 1 heterocycles. The molecular weight excluding hydrogens is 189 g/mol. The standard InChI is InChI=1S/C6H13N2.Y/c1-7-3-5-8(2)6-4-7;/h1,3-6H2,2H3;/q-1;. The van der Waals surface area contributed by atoms with Gasteiger partial charge in [-0.1, -0.05) is 0 Å². The predicted octanol–water partition coefficient (Wildman–Crippen LogP) is 0.0229. The van der Waals surface area contributed by atoms with E-state index in [4.69, 9.17) is 0 Å². The van der Waals surface area contributed by atoms with E-state index in [-0.39, 0.29) is 32.7 Å². The summed E-state index contributed by atoms with van der Waals surface area (Å²) < 4.78 is 0. The van der Waals surface area contributed by atoms with Crippen molar-refractivity contribution in [1.29, 1.82) is 0 Å². The van der Waals surface area contributed by atoms with Gasteiger partial charge in [0.25, 0.3) is 0 Å². The number of rotatable bonds is 0. The van der Waals surface area contributed by atoms with Crippen molar-refractivity contribution in [1.82, 2.24) is 9.80 Å². The molecule has 1 saturated heterocycles. The van der Waals surface area contributed by atoms with Gasteiger partial charge in [-0.2, -0.15) is 0 Å². The van der Waals surface area contributed by atoms with Gasteiger partial charge in [0.2, 0.25) is 0 Å². The topological polar surface area (TPSA) is 6.48 Å². The summed E-state index contributed by atoms with van der Waals surface area (Å²) >= 11 is 0. The van der Waals surface area contributed by atoms with Crippen LogP contribution in [0, 0.1) is 7.05 Å². The van der Waals surface area contributed by atoms with Crippen molar-refractivity contribution in [2.45, 2.75) is 0 Å². The molecule has 0 spiro atoms.